The minimum Gasteiger partial charge on any atom is -0.458 e. The number of carbonyl (C=O) groups is 2. The van der Waals surface area contributed by atoms with Gasteiger partial charge in [-0.1, -0.05) is 34.1 Å². The molecule has 2 aliphatic rings. The molecule has 1 aromatic heterocycles. The lowest BCUT2D eigenvalue weighted by Crippen LogP contribution is -2.45. The smallest absolute Gasteiger partial charge is 0.309 e. The Morgan fingerprint density at radius 1 is 1.31 bits per heavy atom. The molecule has 7 atom stereocenters. The monoisotopic (exact) mass is 541 g/mol. The first-order chi connectivity index (χ1) is 16.8. The molecule has 0 bridgehead atoms. The summed E-state index contributed by atoms with van der Waals surface area (Å²) in [7, 11) is 0. The Kier molecular flexibility index (Phi) is 9.42. The first-order valence-corrected chi connectivity index (χ1v) is 14.2. The van der Waals surface area contributed by atoms with E-state index in [4.69, 9.17) is 21.1 Å². The van der Waals surface area contributed by atoms with Crippen LogP contribution in [0, 0.1) is 24.2 Å². The van der Waals surface area contributed by atoms with Gasteiger partial charge in [-0.05, 0) is 44.3 Å². The summed E-state index contributed by atoms with van der Waals surface area (Å²) in [4.78, 5) is 30.7. The van der Waals surface area contributed by atoms with Gasteiger partial charge in [0, 0.05) is 17.7 Å². The molecule has 0 unspecified atom stereocenters. The van der Waals surface area contributed by atoms with Gasteiger partial charge in [0.1, 0.15) is 17.5 Å². The van der Waals surface area contributed by atoms with Crippen molar-refractivity contribution in [3.05, 3.63) is 21.7 Å². The van der Waals surface area contributed by atoms with Crippen molar-refractivity contribution >= 4 is 40.8 Å². The van der Waals surface area contributed by atoms with Crippen LogP contribution in [0.15, 0.2) is 11.0 Å². The number of aryl methyl sites for hydroxylation is 1. The third-order valence-electron chi connectivity index (χ3n) is 7.95. The summed E-state index contributed by atoms with van der Waals surface area (Å²) >= 11 is 7.87. The molecule has 3 rings (SSSR count). The maximum atomic E-state index is 13.2. The van der Waals surface area contributed by atoms with Crippen molar-refractivity contribution in [2.75, 3.05) is 5.88 Å². The van der Waals surface area contributed by atoms with Gasteiger partial charge in [0.15, 0.2) is 0 Å². The number of hydrogen-bond acceptors (Lipinski definition) is 8. The number of carbonyl (C=O) groups excluding carboxylic acids is 2. The Morgan fingerprint density at radius 2 is 2.00 bits per heavy atom. The van der Waals surface area contributed by atoms with Crippen molar-refractivity contribution in [1.29, 1.82) is 0 Å². The number of fused-ring (bicyclic) bond motifs is 1. The molecular weight excluding hydrogens is 502 g/mol. The molecule has 2 saturated heterocycles. The van der Waals surface area contributed by atoms with Gasteiger partial charge in [0.25, 0.3) is 0 Å². The number of thiazole rings is 1. The van der Waals surface area contributed by atoms with E-state index in [-0.39, 0.29) is 24.2 Å². The summed E-state index contributed by atoms with van der Waals surface area (Å²) in [6.07, 6.45) is 1.40. The van der Waals surface area contributed by atoms with E-state index in [1.807, 2.05) is 32.2 Å². The number of cyclic esters (lactones) is 1. The van der Waals surface area contributed by atoms with Gasteiger partial charge in [-0.2, -0.15) is 0 Å². The fourth-order valence-electron chi connectivity index (χ4n) is 5.12. The molecule has 1 aromatic rings. The average molecular weight is 542 g/mol. The summed E-state index contributed by atoms with van der Waals surface area (Å²) < 4.78 is 11.9. The van der Waals surface area contributed by atoms with E-state index < -0.39 is 41.2 Å². The number of ether oxygens (including phenoxy) is 2. The summed E-state index contributed by atoms with van der Waals surface area (Å²) in [5, 5.41) is 24.6. The number of aliphatic hydroxyl groups is 2. The highest BCUT2D eigenvalue weighted by Gasteiger charge is 2.56. The minimum atomic E-state index is -1.25. The molecule has 36 heavy (non-hydrogen) atoms. The number of aliphatic hydroxyl groups excluding tert-OH is 2. The Morgan fingerprint density at radius 3 is 2.61 bits per heavy atom. The minimum absolute atomic E-state index is 0.112. The van der Waals surface area contributed by atoms with Gasteiger partial charge in [-0.25, -0.2) is 4.98 Å². The second-order valence-electron chi connectivity index (χ2n) is 11.2. The second-order valence-corrected chi connectivity index (χ2v) is 12.5. The van der Waals surface area contributed by atoms with E-state index in [0.29, 0.717) is 12.3 Å². The SMILES string of the molecule is C/C(=C\c1csc(C)n1)[C@@H]1C[C@@H]2O[C@]2(CCl)CCC[C@H](C)[C@H](O)[C@@H](C)C(=O)C(C)(C)[C@@H](O)CC(=O)O1. The van der Waals surface area contributed by atoms with Gasteiger partial charge < -0.3 is 19.7 Å². The van der Waals surface area contributed by atoms with Crippen LogP contribution < -0.4 is 0 Å². The molecule has 202 valence electrons. The second kappa shape index (κ2) is 11.6. The zero-order valence-corrected chi connectivity index (χ0v) is 23.7. The van der Waals surface area contributed by atoms with Gasteiger partial charge in [0.05, 0.1) is 46.7 Å². The van der Waals surface area contributed by atoms with Gasteiger partial charge in [-0.15, -0.1) is 22.9 Å². The van der Waals surface area contributed by atoms with Crippen molar-refractivity contribution < 1.29 is 29.3 Å². The number of aromatic nitrogens is 1. The summed E-state index contributed by atoms with van der Waals surface area (Å²) in [5.41, 5.74) is -0.0908. The van der Waals surface area contributed by atoms with E-state index in [0.717, 1.165) is 35.5 Å². The number of nitrogens with zero attached hydrogens (tertiary/aromatic N) is 1. The number of esters is 1. The summed E-state index contributed by atoms with van der Waals surface area (Å²) in [5.74, 6) is -1.34. The topological polar surface area (TPSA) is 109 Å². The average Bonchev–Trinajstić information content (AvgIpc) is 3.35. The lowest BCUT2D eigenvalue weighted by molar-refractivity contribution is -0.154. The zero-order valence-electron chi connectivity index (χ0n) is 22.1. The number of Topliss-reactive ketones (excluding diaryl/α,β-unsaturated/α-hetero) is 1. The highest BCUT2D eigenvalue weighted by atomic mass is 35.5. The number of halogens is 1. The van der Waals surface area contributed by atoms with E-state index >= 15 is 0 Å². The lowest BCUT2D eigenvalue weighted by Gasteiger charge is -2.34. The normalized spacial score (nSPS) is 36.8. The lowest BCUT2D eigenvalue weighted by atomic mass is 9.73. The zero-order chi connectivity index (χ0) is 26.8. The van der Waals surface area contributed by atoms with Crippen LogP contribution in [0.1, 0.15) is 77.4 Å². The molecule has 0 saturated carbocycles. The molecular formula is C27H40ClNO6S. The quantitative estimate of drug-likeness (QED) is 0.324. The van der Waals surface area contributed by atoms with Crippen LogP contribution in [0.2, 0.25) is 0 Å². The van der Waals surface area contributed by atoms with Crippen LogP contribution >= 0.6 is 22.9 Å². The molecule has 7 nitrogen and oxygen atoms in total. The molecule has 0 aromatic carbocycles. The Labute approximate surface area is 223 Å². The standard InChI is InChI=1S/C27H40ClNO6S/c1-15-8-7-9-27(14-28)22(35-27)11-20(16(2)10-19-13-36-18(4)29-19)34-23(31)12-21(30)26(5,6)25(33)17(3)24(15)32/h10,13,15,17,20-22,24,30,32H,7-9,11-12,14H2,1-6H3/b16-10+/t15-,17+,20-,21-,22-,24-,27-/m0/s1. The number of ketones is 1. The first kappa shape index (κ1) is 29.2. The van der Waals surface area contributed by atoms with Crippen LogP contribution in [-0.2, 0) is 19.1 Å². The molecule has 0 aliphatic carbocycles. The van der Waals surface area contributed by atoms with Crippen LogP contribution in [0.25, 0.3) is 6.08 Å². The molecule has 0 spiro atoms. The number of hydrogen-bond donors (Lipinski definition) is 2. The van der Waals surface area contributed by atoms with Crippen molar-refractivity contribution in [2.45, 2.75) is 104 Å². The molecule has 9 heteroatoms. The van der Waals surface area contributed by atoms with Gasteiger partial charge in [0.2, 0.25) is 0 Å². The molecule has 2 aliphatic heterocycles. The molecule has 2 fully saturated rings. The van der Waals surface area contributed by atoms with Crippen LogP contribution in [0.5, 0.6) is 0 Å². The molecule has 2 N–H and O–H groups in total. The number of alkyl halides is 1. The molecule has 0 amide bonds. The molecule has 0 radical (unpaired) electrons. The predicted molar refractivity (Wildman–Crippen MR) is 141 cm³/mol. The van der Waals surface area contributed by atoms with E-state index in [1.54, 1.807) is 32.1 Å². The summed E-state index contributed by atoms with van der Waals surface area (Å²) in [6, 6.07) is 0. The van der Waals surface area contributed by atoms with Crippen molar-refractivity contribution in [3.8, 4) is 0 Å². The van der Waals surface area contributed by atoms with E-state index in [9.17, 15) is 19.8 Å². The Hall–Kier alpha value is -1.32. The predicted octanol–water partition coefficient (Wildman–Crippen LogP) is 4.70. The van der Waals surface area contributed by atoms with Crippen LogP contribution in [-0.4, -0.2) is 62.8 Å². The fraction of sp³-hybridized carbons (Fsp3) is 0.741. The fourth-order valence-corrected chi connectivity index (χ4v) is 6.06. The third kappa shape index (κ3) is 6.57. The highest BCUT2D eigenvalue weighted by molar-refractivity contribution is 7.09. The molecule has 3 heterocycles. The van der Waals surface area contributed by atoms with Crippen molar-refractivity contribution in [3.63, 3.8) is 0 Å². The van der Waals surface area contributed by atoms with Crippen LogP contribution in [0.3, 0.4) is 0 Å². The Balaban J connectivity index is 1.88. The van der Waals surface area contributed by atoms with E-state index in [2.05, 4.69) is 4.98 Å². The van der Waals surface area contributed by atoms with Gasteiger partial charge >= 0.3 is 5.97 Å². The highest BCUT2D eigenvalue weighted by Crippen LogP contribution is 2.46. The number of rotatable bonds is 3. The number of epoxide rings is 1. The third-order valence-corrected chi connectivity index (χ3v) is 9.20. The maximum absolute atomic E-state index is 13.2. The van der Waals surface area contributed by atoms with Crippen molar-refractivity contribution in [2.24, 2.45) is 17.3 Å². The summed E-state index contributed by atoms with van der Waals surface area (Å²) in [6.45, 7) is 10.7. The Bertz CT molecular complexity index is 977. The van der Waals surface area contributed by atoms with E-state index in [1.165, 1.54) is 0 Å². The van der Waals surface area contributed by atoms with Crippen molar-refractivity contribution in [1.82, 2.24) is 4.98 Å². The van der Waals surface area contributed by atoms with Gasteiger partial charge in [-0.3, -0.25) is 9.59 Å². The first-order valence-electron chi connectivity index (χ1n) is 12.7. The largest absolute Gasteiger partial charge is 0.458 e. The maximum Gasteiger partial charge on any atom is 0.309 e. The van der Waals surface area contributed by atoms with Crippen LogP contribution in [0.4, 0.5) is 0 Å².